The minimum Gasteiger partial charge on any atom is -0.394 e. The Balaban J connectivity index is 3.66. The van der Waals surface area contributed by atoms with E-state index in [-0.39, 0.29) is 0 Å². The number of carbonyl (C=O) groups is 1. The molecule has 0 saturated heterocycles. The lowest BCUT2D eigenvalue weighted by Crippen LogP contribution is -2.53. The summed E-state index contributed by atoms with van der Waals surface area (Å²) in [6.45, 7) is 4.08. The van der Waals surface area contributed by atoms with Gasteiger partial charge in [0.05, 0.1) is 18.8 Å². The number of unbranched alkanes of at least 4 members (excludes halogenated alkanes) is 41. The van der Waals surface area contributed by atoms with E-state index in [9.17, 15) is 25.2 Å². The second-order valence-corrected chi connectivity index (χ2v) is 21.7. The van der Waals surface area contributed by atoms with Crippen LogP contribution in [0, 0.1) is 0 Å². The molecule has 0 fully saturated rings. The largest absolute Gasteiger partial charge is 0.394 e. The van der Waals surface area contributed by atoms with Gasteiger partial charge in [0.1, 0.15) is 12.2 Å². The highest BCUT2D eigenvalue weighted by Crippen LogP contribution is 2.18. The maximum atomic E-state index is 12.6. The summed E-state index contributed by atoms with van der Waals surface area (Å²) in [5.41, 5.74) is 0. The van der Waals surface area contributed by atoms with Gasteiger partial charge in [-0.05, 0) is 83.5 Å². The van der Waals surface area contributed by atoms with E-state index >= 15 is 0 Å². The third kappa shape index (κ3) is 52.9. The molecule has 0 rings (SSSR count). The number of amides is 1. The molecule has 6 nitrogen and oxygen atoms in total. The number of nitrogens with one attached hydrogen (secondary N) is 1. The van der Waals surface area contributed by atoms with Gasteiger partial charge in [0.25, 0.3) is 0 Å². The molecule has 0 aromatic carbocycles. The highest BCUT2D eigenvalue weighted by molar-refractivity contribution is 5.80. The van der Waals surface area contributed by atoms with E-state index < -0.39 is 36.9 Å². The lowest BCUT2D eigenvalue weighted by molar-refractivity contribution is -0.132. The zero-order valence-corrected chi connectivity index (χ0v) is 47.5. The zero-order chi connectivity index (χ0) is 51.6. The highest BCUT2D eigenvalue weighted by atomic mass is 16.3. The quantitative estimate of drug-likeness (QED) is 0.0308. The second kappa shape index (κ2) is 59.2. The summed E-state index contributed by atoms with van der Waals surface area (Å²) in [5, 5.41) is 44.1. The summed E-state index contributed by atoms with van der Waals surface area (Å²) in [5.74, 6) is -0.596. The van der Waals surface area contributed by atoms with Crippen molar-refractivity contribution in [2.45, 2.75) is 353 Å². The van der Waals surface area contributed by atoms with Gasteiger partial charge in [-0.1, -0.05) is 294 Å². The average molecular weight is 999 g/mol. The first-order valence-corrected chi connectivity index (χ1v) is 31.5. The van der Waals surface area contributed by atoms with Crippen molar-refractivity contribution in [1.82, 2.24) is 5.32 Å². The van der Waals surface area contributed by atoms with Crippen LogP contribution >= 0.6 is 0 Å². The predicted molar refractivity (Wildman–Crippen MR) is 311 cm³/mol. The third-order valence-electron chi connectivity index (χ3n) is 14.7. The van der Waals surface area contributed by atoms with Crippen LogP contribution in [0.1, 0.15) is 328 Å². The Bertz CT molecular complexity index is 1170. The van der Waals surface area contributed by atoms with Gasteiger partial charge in [0.2, 0.25) is 5.91 Å². The van der Waals surface area contributed by atoms with Crippen molar-refractivity contribution in [2.75, 3.05) is 6.61 Å². The van der Waals surface area contributed by atoms with Gasteiger partial charge in [-0.25, -0.2) is 0 Å². The van der Waals surface area contributed by atoms with Crippen molar-refractivity contribution >= 4 is 5.91 Å². The summed E-state index contributed by atoms with van der Waals surface area (Å²) >= 11 is 0. The molecular weight excluding hydrogens is 875 g/mol. The molecule has 71 heavy (non-hydrogen) atoms. The van der Waals surface area contributed by atoms with Crippen molar-refractivity contribution in [1.29, 1.82) is 0 Å². The molecule has 0 aliphatic carbocycles. The zero-order valence-electron chi connectivity index (χ0n) is 47.5. The fourth-order valence-corrected chi connectivity index (χ4v) is 9.81. The first-order valence-electron chi connectivity index (χ1n) is 31.5. The van der Waals surface area contributed by atoms with Gasteiger partial charge in [-0.2, -0.15) is 0 Å². The summed E-state index contributed by atoms with van der Waals surface area (Å²) in [6.07, 6.45) is 76.3. The van der Waals surface area contributed by atoms with E-state index in [1.54, 1.807) is 0 Å². The number of hydrogen-bond donors (Lipinski definition) is 5. The van der Waals surface area contributed by atoms with Crippen LogP contribution in [-0.4, -0.2) is 57.3 Å². The molecule has 0 aliphatic heterocycles. The Hall–Kier alpha value is -1.73. The fraction of sp³-hybridized carbons (Fsp3) is 0.862. The minimum atomic E-state index is -1.29. The number of allylic oxidation sites excluding steroid dienone is 8. The summed E-state index contributed by atoms with van der Waals surface area (Å²) < 4.78 is 0. The first-order chi connectivity index (χ1) is 35.0. The van der Waals surface area contributed by atoms with Crippen LogP contribution in [0.3, 0.4) is 0 Å². The molecule has 4 unspecified atom stereocenters. The summed E-state index contributed by atoms with van der Waals surface area (Å²) in [6, 6.07) is -1.01. The molecule has 0 heterocycles. The van der Waals surface area contributed by atoms with E-state index in [0.717, 1.165) is 44.9 Å². The van der Waals surface area contributed by atoms with Crippen molar-refractivity contribution in [3.63, 3.8) is 0 Å². The van der Waals surface area contributed by atoms with E-state index in [0.29, 0.717) is 19.3 Å². The number of aliphatic hydroxyl groups excluding tert-OH is 4. The molecule has 4 atom stereocenters. The standard InChI is InChI=1S/C65H123NO5/c1-3-5-7-9-11-13-15-17-19-21-23-25-27-29-31-33-35-37-39-41-43-45-47-49-51-53-55-57-59-63(69)65(71)66-61(60-67)64(70)62(68)58-56-54-52-50-48-46-44-42-40-38-36-34-32-30-28-26-24-22-20-18-16-14-12-10-8-6-4-2/h23,25,29,31,42,44,50,52,61-64,67-70H,3-22,24,26-28,30,32-41,43,45-49,51,53-60H2,1-2H3,(H,66,71)/b25-23-,31-29-,44-42+,52-50+. The number of aliphatic hydroxyl groups is 4. The Morgan fingerprint density at radius 1 is 0.352 bits per heavy atom. The molecular formula is C65H123NO5. The first kappa shape index (κ1) is 69.3. The van der Waals surface area contributed by atoms with Gasteiger partial charge in [-0.15, -0.1) is 0 Å². The SMILES string of the molecule is CCCCCCCCCCC/C=C\C/C=C\CCCCCCCCCCCCCCC(O)C(=O)NC(CO)C(O)C(O)CCC/C=C/CC/C=C/CCCCCCCCCCCCCCCCCCCC. The van der Waals surface area contributed by atoms with Gasteiger partial charge < -0.3 is 25.7 Å². The predicted octanol–water partition coefficient (Wildman–Crippen LogP) is 18.9. The topological polar surface area (TPSA) is 110 Å². The molecule has 0 spiro atoms. The molecule has 0 saturated carbocycles. The average Bonchev–Trinajstić information content (AvgIpc) is 3.38. The summed E-state index contributed by atoms with van der Waals surface area (Å²) in [4.78, 5) is 12.6. The Morgan fingerprint density at radius 2 is 0.634 bits per heavy atom. The molecule has 0 aromatic heterocycles. The number of hydrogen-bond acceptors (Lipinski definition) is 5. The molecule has 0 bridgehead atoms. The highest BCUT2D eigenvalue weighted by Gasteiger charge is 2.28. The van der Waals surface area contributed by atoms with Gasteiger partial charge >= 0.3 is 0 Å². The molecule has 0 aliphatic rings. The van der Waals surface area contributed by atoms with Crippen LogP contribution in [0.15, 0.2) is 48.6 Å². The van der Waals surface area contributed by atoms with E-state index in [1.807, 2.05) is 0 Å². The van der Waals surface area contributed by atoms with E-state index in [4.69, 9.17) is 0 Å². The number of carbonyl (C=O) groups excluding carboxylic acids is 1. The monoisotopic (exact) mass is 998 g/mol. The smallest absolute Gasteiger partial charge is 0.249 e. The Kier molecular flexibility index (Phi) is 57.7. The van der Waals surface area contributed by atoms with Gasteiger partial charge in [0, 0.05) is 0 Å². The Morgan fingerprint density at radius 3 is 0.972 bits per heavy atom. The normalized spacial score (nSPS) is 13.9. The van der Waals surface area contributed by atoms with Crippen LogP contribution in [0.2, 0.25) is 0 Å². The van der Waals surface area contributed by atoms with E-state index in [2.05, 4.69) is 67.8 Å². The van der Waals surface area contributed by atoms with Crippen molar-refractivity contribution < 1.29 is 25.2 Å². The molecule has 1 amide bonds. The van der Waals surface area contributed by atoms with Crippen LogP contribution in [0.25, 0.3) is 0 Å². The van der Waals surface area contributed by atoms with Gasteiger partial charge in [-0.3, -0.25) is 4.79 Å². The lowest BCUT2D eigenvalue weighted by Gasteiger charge is -2.27. The Labute approximate surface area is 442 Å². The van der Waals surface area contributed by atoms with Gasteiger partial charge in [0.15, 0.2) is 0 Å². The summed E-state index contributed by atoms with van der Waals surface area (Å²) in [7, 11) is 0. The number of rotatable bonds is 58. The van der Waals surface area contributed by atoms with E-state index in [1.165, 1.54) is 250 Å². The lowest BCUT2D eigenvalue weighted by atomic mass is 10.00. The van der Waals surface area contributed by atoms with Crippen LogP contribution < -0.4 is 5.32 Å². The molecule has 5 N–H and O–H groups in total. The van der Waals surface area contributed by atoms with Crippen LogP contribution in [0.4, 0.5) is 0 Å². The third-order valence-corrected chi connectivity index (χ3v) is 14.7. The molecule has 6 heteroatoms. The second-order valence-electron chi connectivity index (χ2n) is 21.7. The van der Waals surface area contributed by atoms with Crippen molar-refractivity contribution in [3.8, 4) is 0 Å². The fourth-order valence-electron chi connectivity index (χ4n) is 9.81. The maximum Gasteiger partial charge on any atom is 0.249 e. The van der Waals surface area contributed by atoms with Crippen LogP contribution in [-0.2, 0) is 4.79 Å². The van der Waals surface area contributed by atoms with Crippen LogP contribution in [0.5, 0.6) is 0 Å². The maximum absolute atomic E-state index is 12.6. The molecule has 418 valence electrons. The van der Waals surface area contributed by atoms with Crippen molar-refractivity contribution in [3.05, 3.63) is 48.6 Å². The minimum absolute atomic E-state index is 0.358. The molecule has 0 aromatic rings. The molecule has 0 radical (unpaired) electrons. The van der Waals surface area contributed by atoms with Crippen molar-refractivity contribution in [2.24, 2.45) is 0 Å².